The highest BCUT2D eigenvalue weighted by molar-refractivity contribution is 5.53. The lowest BCUT2D eigenvalue weighted by molar-refractivity contribution is 0.622. The molecule has 2 nitrogen and oxygen atoms in total. The zero-order chi connectivity index (χ0) is 10.0. The van der Waals surface area contributed by atoms with Crippen molar-refractivity contribution in [3.8, 4) is 0 Å². The van der Waals surface area contributed by atoms with Gasteiger partial charge in [-0.1, -0.05) is 0 Å². The molecule has 0 saturated heterocycles. The Hall–Kier alpha value is -1.09. The molecule has 1 aromatic carbocycles. The van der Waals surface area contributed by atoms with Crippen LogP contribution in [-0.2, 0) is 0 Å². The van der Waals surface area contributed by atoms with Crippen LogP contribution in [0.2, 0.25) is 0 Å². The number of nitrogens with zero attached hydrogens (tertiary/aromatic N) is 1. The van der Waals surface area contributed by atoms with Crippen LogP contribution in [0.1, 0.15) is 18.5 Å². The molecule has 0 radical (unpaired) electrons. The second kappa shape index (κ2) is 3.75. The number of nitrogens with two attached hydrogens (primary N) is 1. The second-order valence-electron chi connectivity index (χ2n) is 3.39. The number of hydrogen-bond donors (Lipinski definition) is 1. The van der Waals surface area contributed by atoms with Gasteiger partial charge in [-0.25, -0.2) is 4.39 Å². The van der Waals surface area contributed by atoms with Crippen molar-refractivity contribution in [2.75, 3.05) is 19.0 Å². The minimum atomic E-state index is -0.238. The maximum Gasteiger partial charge on any atom is 0.123 e. The van der Waals surface area contributed by atoms with Crippen LogP contribution in [0.4, 0.5) is 10.1 Å². The molecule has 2 N–H and O–H groups in total. The van der Waals surface area contributed by atoms with Crippen LogP contribution in [0.25, 0.3) is 0 Å². The van der Waals surface area contributed by atoms with Gasteiger partial charge in [-0.05, 0) is 30.7 Å². The van der Waals surface area contributed by atoms with Gasteiger partial charge in [0.25, 0.3) is 0 Å². The summed E-state index contributed by atoms with van der Waals surface area (Å²) in [6.07, 6.45) is 0. The van der Waals surface area contributed by atoms with Gasteiger partial charge in [0.15, 0.2) is 0 Å². The lowest BCUT2D eigenvalue weighted by Gasteiger charge is -2.19. The molecule has 1 rings (SSSR count). The summed E-state index contributed by atoms with van der Waals surface area (Å²) in [6, 6.07) is 4.53. The molecule has 0 spiro atoms. The van der Waals surface area contributed by atoms with Gasteiger partial charge < -0.3 is 10.6 Å². The molecule has 0 aliphatic carbocycles. The van der Waals surface area contributed by atoms with Gasteiger partial charge in [0, 0.05) is 25.8 Å². The van der Waals surface area contributed by atoms with E-state index in [9.17, 15) is 4.39 Å². The summed E-state index contributed by atoms with van der Waals surface area (Å²) < 4.78 is 12.9. The molecular weight excluding hydrogens is 167 g/mol. The number of anilines is 1. The van der Waals surface area contributed by atoms with Crippen LogP contribution >= 0.6 is 0 Å². The van der Waals surface area contributed by atoms with Crippen LogP contribution in [0.15, 0.2) is 18.2 Å². The normalized spacial score (nSPS) is 12.7. The fourth-order valence-corrected chi connectivity index (χ4v) is 1.30. The molecule has 72 valence electrons. The Morgan fingerprint density at radius 3 is 2.46 bits per heavy atom. The summed E-state index contributed by atoms with van der Waals surface area (Å²) >= 11 is 0. The van der Waals surface area contributed by atoms with E-state index in [4.69, 9.17) is 5.73 Å². The Morgan fingerprint density at radius 2 is 2.00 bits per heavy atom. The van der Waals surface area contributed by atoms with Crippen LogP contribution < -0.4 is 10.6 Å². The zero-order valence-corrected chi connectivity index (χ0v) is 8.21. The van der Waals surface area contributed by atoms with E-state index < -0.39 is 0 Å². The third-order valence-electron chi connectivity index (χ3n) is 1.96. The van der Waals surface area contributed by atoms with Crippen molar-refractivity contribution in [1.29, 1.82) is 0 Å². The maximum atomic E-state index is 12.9. The topological polar surface area (TPSA) is 29.3 Å². The fraction of sp³-hybridized carbons (Fsp3) is 0.400. The number of benzene rings is 1. The molecule has 1 atom stereocenters. The van der Waals surface area contributed by atoms with Crippen molar-refractivity contribution in [3.05, 3.63) is 29.6 Å². The molecule has 0 aromatic heterocycles. The van der Waals surface area contributed by atoms with Gasteiger partial charge in [-0.15, -0.1) is 0 Å². The average Bonchev–Trinajstić information content (AvgIpc) is 2.03. The highest BCUT2D eigenvalue weighted by atomic mass is 19.1. The standard InChI is InChI=1S/C10H15FN2/c1-7(12)9-6-8(11)4-5-10(9)13(2)3/h4-7H,12H2,1-3H3/t7-/m1/s1. The zero-order valence-electron chi connectivity index (χ0n) is 8.21. The van der Waals surface area contributed by atoms with Crippen LogP contribution in [-0.4, -0.2) is 14.1 Å². The predicted molar refractivity (Wildman–Crippen MR) is 53.3 cm³/mol. The molecule has 0 amide bonds. The minimum absolute atomic E-state index is 0.145. The molecule has 3 heteroatoms. The first kappa shape index (κ1) is 9.99. The SMILES string of the molecule is C[C@@H](N)c1cc(F)ccc1N(C)C. The Kier molecular flexibility index (Phi) is 2.88. The first-order valence-electron chi connectivity index (χ1n) is 4.24. The predicted octanol–water partition coefficient (Wildman–Crippen LogP) is 1.91. The Bertz CT molecular complexity index is 295. The van der Waals surface area contributed by atoms with E-state index in [2.05, 4.69) is 0 Å². The molecule has 0 aliphatic rings. The minimum Gasteiger partial charge on any atom is -0.377 e. The molecule has 0 saturated carbocycles. The maximum absolute atomic E-state index is 12.9. The summed E-state index contributed by atoms with van der Waals surface area (Å²) in [6.45, 7) is 1.85. The van der Waals surface area contributed by atoms with Crippen molar-refractivity contribution < 1.29 is 4.39 Å². The highest BCUT2D eigenvalue weighted by Crippen LogP contribution is 2.24. The average molecular weight is 182 g/mol. The lowest BCUT2D eigenvalue weighted by Crippen LogP contribution is -2.15. The second-order valence-corrected chi connectivity index (χ2v) is 3.39. The van der Waals surface area contributed by atoms with E-state index in [0.717, 1.165) is 11.3 Å². The van der Waals surface area contributed by atoms with Crippen molar-refractivity contribution in [2.24, 2.45) is 5.73 Å². The summed E-state index contributed by atoms with van der Waals surface area (Å²) in [5.74, 6) is -0.238. The van der Waals surface area contributed by atoms with E-state index in [1.807, 2.05) is 25.9 Å². The van der Waals surface area contributed by atoms with Crippen molar-refractivity contribution >= 4 is 5.69 Å². The van der Waals surface area contributed by atoms with Gasteiger partial charge in [-0.2, -0.15) is 0 Å². The fourth-order valence-electron chi connectivity index (χ4n) is 1.30. The highest BCUT2D eigenvalue weighted by Gasteiger charge is 2.09. The lowest BCUT2D eigenvalue weighted by atomic mass is 10.1. The third kappa shape index (κ3) is 2.18. The van der Waals surface area contributed by atoms with E-state index in [1.54, 1.807) is 6.07 Å². The van der Waals surface area contributed by atoms with Gasteiger partial charge in [0.05, 0.1) is 0 Å². The first-order valence-corrected chi connectivity index (χ1v) is 4.24. The number of halogens is 1. The summed E-state index contributed by atoms with van der Waals surface area (Å²) in [7, 11) is 3.83. The van der Waals surface area contributed by atoms with Gasteiger partial charge in [-0.3, -0.25) is 0 Å². The van der Waals surface area contributed by atoms with Crippen molar-refractivity contribution in [2.45, 2.75) is 13.0 Å². The van der Waals surface area contributed by atoms with Crippen LogP contribution in [0.3, 0.4) is 0 Å². The molecule has 0 aliphatic heterocycles. The first-order chi connectivity index (χ1) is 6.02. The molecular formula is C10H15FN2. The quantitative estimate of drug-likeness (QED) is 0.757. The van der Waals surface area contributed by atoms with Crippen molar-refractivity contribution in [1.82, 2.24) is 0 Å². The summed E-state index contributed by atoms with van der Waals surface area (Å²) in [4.78, 5) is 1.93. The molecule has 1 aromatic rings. The molecule has 0 unspecified atom stereocenters. The van der Waals surface area contributed by atoms with E-state index >= 15 is 0 Å². The molecule has 0 fully saturated rings. The van der Waals surface area contributed by atoms with E-state index in [1.165, 1.54) is 12.1 Å². The monoisotopic (exact) mass is 182 g/mol. The Balaban J connectivity index is 3.19. The van der Waals surface area contributed by atoms with Gasteiger partial charge in [0.2, 0.25) is 0 Å². The molecule has 0 bridgehead atoms. The third-order valence-corrected chi connectivity index (χ3v) is 1.96. The molecule has 13 heavy (non-hydrogen) atoms. The number of hydrogen-bond acceptors (Lipinski definition) is 2. The largest absolute Gasteiger partial charge is 0.377 e. The summed E-state index contributed by atoms with van der Waals surface area (Å²) in [5.41, 5.74) is 7.53. The van der Waals surface area contributed by atoms with Gasteiger partial charge in [0.1, 0.15) is 5.82 Å². The van der Waals surface area contributed by atoms with E-state index in [0.29, 0.717) is 0 Å². The molecule has 0 heterocycles. The van der Waals surface area contributed by atoms with Crippen LogP contribution in [0.5, 0.6) is 0 Å². The van der Waals surface area contributed by atoms with Crippen molar-refractivity contribution in [3.63, 3.8) is 0 Å². The number of rotatable bonds is 2. The smallest absolute Gasteiger partial charge is 0.123 e. The summed E-state index contributed by atoms with van der Waals surface area (Å²) in [5, 5.41) is 0. The van der Waals surface area contributed by atoms with E-state index in [-0.39, 0.29) is 11.9 Å². The Labute approximate surface area is 78.2 Å². The van der Waals surface area contributed by atoms with Gasteiger partial charge >= 0.3 is 0 Å². The van der Waals surface area contributed by atoms with Crippen LogP contribution in [0, 0.1) is 5.82 Å². The Morgan fingerprint density at radius 1 is 1.38 bits per heavy atom.